The highest BCUT2D eigenvalue weighted by atomic mass is 15.2. The number of nitrogens with one attached hydrogen (secondary N) is 1. The second kappa shape index (κ2) is 20.6. The fourth-order valence-corrected chi connectivity index (χ4v) is 3.97. The topological polar surface area (TPSA) is 15.3 Å². The highest BCUT2D eigenvalue weighted by molar-refractivity contribution is 4.66. The van der Waals surface area contributed by atoms with E-state index in [1.807, 2.05) is 0 Å². The normalized spacial score (nSPS) is 12.0. The van der Waals surface area contributed by atoms with Crippen molar-refractivity contribution in [3.8, 4) is 0 Å². The summed E-state index contributed by atoms with van der Waals surface area (Å²) < 4.78 is 0. The van der Waals surface area contributed by atoms with E-state index in [1.54, 1.807) is 0 Å². The molecule has 0 bridgehead atoms. The molecule has 0 aromatic heterocycles. The molecular formula is C25H54N2. The lowest BCUT2D eigenvalue weighted by atomic mass is 10.0. The maximum Gasteiger partial charge on any atom is 0.0485 e. The lowest BCUT2D eigenvalue weighted by molar-refractivity contribution is 0.160. The highest BCUT2D eigenvalue weighted by Crippen LogP contribution is 2.13. The Hall–Kier alpha value is -0.0800. The van der Waals surface area contributed by atoms with Gasteiger partial charge in [-0.3, -0.25) is 4.90 Å². The molecule has 0 aliphatic heterocycles. The van der Waals surface area contributed by atoms with E-state index in [0.717, 1.165) is 6.67 Å². The lowest BCUT2D eigenvalue weighted by Crippen LogP contribution is -2.43. The molecule has 0 saturated carbocycles. The van der Waals surface area contributed by atoms with Gasteiger partial charge in [-0.25, -0.2) is 0 Å². The van der Waals surface area contributed by atoms with Crippen molar-refractivity contribution in [2.24, 2.45) is 0 Å². The van der Waals surface area contributed by atoms with E-state index in [-0.39, 0.29) is 0 Å². The first kappa shape index (κ1) is 26.9. The van der Waals surface area contributed by atoms with Crippen LogP contribution in [0.15, 0.2) is 0 Å². The van der Waals surface area contributed by atoms with Gasteiger partial charge in [0, 0.05) is 18.8 Å². The zero-order valence-corrected chi connectivity index (χ0v) is 19.8. The molecule has 0 aliphatic rings. The van der Waals surface area contributed by atoms with Crippen LogP contribution < -0.4 is 5.32 Å². The van der Waals surface area contributed by atoms with Gasteiger partial charge in [-0.2, -0.15) is 0 Å². The molecule has 0 radical (unpaired) electrons. The Balaban J connectivity index is 3.17. The van der Waals surface area contributed by atoms with Crippen molar-refractivity contribution in [1.82, 2.24) is 10.2 Å². The number of rotatable bonds is 21. The van der Waals surface area contributed by atoms with Crippen LogP contribution in [0.5, 0.6) is 0 Å². The van der Waals surface area contributed by atoms with Gasteiger partial charge in [0.2, 0.25) is 0 Å². The van der Waals surface area contributed by atoms with Crippen LogP contribution in [0.4, 0.5) is 0 Å². The second-order valence-electron chi connectivity index (χ2n) is 9.16. The summed E-state index contributed by atoms with van der Waals surface area (Å²) in [5.74, 6) is 0. The molecule has 0 unspecified atom stereocenters. The van der Waals surface area contributed by atoms with Crippen LogP contribution in [0.2, 0.25) is 0 Å². The Morgan fingerprint density at radius 2 is 0.852 bits per heavy atom. The summed E-state index contributed by atoms with van der Waals surface area (Å²) in [4.78, 5) is 2.52. The van der Waals surface area contributed by atoms with E-state index in [0.29, 0.717) is 12.1 Å². The second-order valence-corrected chi connectivity index (χ2v) is 9.16. The van der Waals surface area contributed by atoms with Crippen molar-refractivity contribution < 1.29 is 0 Å². The van der Waals surface area contributed by atoms with E-state index >= 15 is 0 Å². The average Bonchev–Trinajstić information content (AvgIpc) is 2.63. The van der Waals surface area contributed by atoms with Crippen molar-refractivity contribution >= 4 is 0 Å². The van der Waals surface area contributed by atoms with Gasteiger partial charge in [0.15, 0.2) is 0 Å². The van der Waals surface area contributed by atoms with Crippen molar-refractivity contribution in [3.05, 3.63) is 0 Å². The van der Waals surface area contributed by atoms with Crippen LogP contribution in [0.3, 0.4) is 0 Å². The molecule has 0 heterocycles. The largest absolute Gasteiger partial charge is 0.304 e. The minimum atomic E-state index is 0.628. The Labute approximate surface area is 173 Å². The minimum absolute atomic E-state index is 0.628. The summed E-state index contributed by atoms with van der Waals surface area (Å²) in [6.45, 7) is 13.7. The zero-order chi connectivity index (χ0) is 20.2. The molecule has 27 heavy (non-hydrogen) atoms. The van der Waals surface area contributed by atoms with E-state index in [9.17, 15) is 0 Å². The SMILES string of the molecule is CCCCCCCCCCCCCCCCCCNCN(C(C)C)C(C)C. The number of hydrogen-bond donors (Lipinski definition) is 1. The van der Waals surface area contributed by atoms with E-state index < -0.39 is 0 Å². The highest BCUT2D eigenvalue weighted by Gasteiger charge is 2.11. The predicted octanol–water partition coefficient (Wildman–Crippen LogP) is 7.91. The molecule has 0 rings (SSSR count). The first-order valence-electron chi connectivity index (χ1n) is 12.6. The molecule has 2 nitrogen and oxygen atoms in total. The summed E-state index contributed by atoms with van der Waals surface area (Å²) in [6.07, 6.45) is 23.1. The van der Waals surface area contributed by atoms with Gasteiger partial charge in [-0.05, 0) is 40.7 Å². The van der Waals surface area contributed by atoms with Crippen molar-refractivity contribution in [1.29, 1.82) is 0 Å². The lowest BCUT2D eigenvalue weighted by Gasteiger charge is -2.30. The third-order valence-electron chi connectivity index (χ3n) is 5.83. The smallest absolute Gasteiger partial charge is 0.0485 e. The maximum atomic E-state index is 3.62. The van der Waals surface area contributed by atoms with Crippen LogP contribution in [-0.4, -0.2) is 30.2 Å². The molecule has 0 aliphatic carbocycles. The van der Waals surface area contributed by atoms with Gasteiger partial charge in [-0.1, -0.05) is 103 Å². The molecule has 1 N–H and O–H groups in total. The summed E-state index contributed by atoms with van der Waals surface area (Å²) in [6, 6.07) is 1.26. The average molecular weight is 383 g/mol. The van der Waals surface area contributed by atoms with Crippen LogP contribution in [-0.2, 0) is 0 Å². The van der Waals surface area contributed by atoms with E-state index in [1.165, 1.54) is 109 Å². The molecule has 0 aromatic carbocycles. The molecule has 0 saturated heterocycles. The number of nitrogens with zero attached hydrogens (tertiary/aromatic N) is 1. The third-order valence-corrected chi connectivity index (χ3v) is 5.83. The van der Waals surface area contributed by atoms with Crippen molar-refractivity contribution in [3.63, 3.8) is 0 Å². The molecule has 164 valence electrons. The number of unbranched alkanes of at least 4 members (excludes halogenated alkanes) is 15. The molecule has 0 spiro atoms. The standard InChI is InChI=1S/C25H54N2/c1-6-7-8-9-10-11-12-13-14-15-16-17-18-19-20-21-22-26-23-27(24(2)3)25(4)5/h24-26H,6-23H2,1-5H3. The van der Waals surface area contributed by atoms with Crippen LogP contribution in [0, 0.1) is 0 Å². The van der Waals surface area contributed by atoms with Gasteiger partial charge in [0.1, 0.15) is 0 Å². The summed E-state index contributed by atoms with van der Waals surface area (Å²) >= 11 is 0. The third kappa shape index (κ3) is 19.0. The molecule has 2 heteroatoms. The van der Waals surface area contributed by atoms with Gasteiger partial charge >= 0.3 is 0 Å². The van der Waals surface area contributed by atoms with Gasteiger partial charge in [-0.15, -0.1) is 0 Å². The minimum Gasteiger partial charge on any atom is -0.304 e. The van der Waals surface area contributed by atoms with Crippen molar-refractivity contribution in [2.45, 2.75) is 149 Å². The van der Waals surface area contributed by atoms with E-state index in [4.69, 9.17) is 0 Å². The molecule has 0 atom stereocenters. The van der Waals surface area contributed by atoms with Crippen LogP contribution in [0.1, 0.15) is 137 Å². The Kier molecular flexibility index (Phi) is 20.6. The predicted molar refractivity (Wildman–Crippen MR) is 125 cm³/mol. The summed E-state index contributed by atoms with van der Waals surface area (Å²) in [5, 5.41) is 3.62. The fraction of sp³-hybridized carbons (Fsp3) is 1.00. The number of hydrogen-bond acceptors (Lipinski definition) is 2. The van der Waals surface area contributed by atoms with Gasteiger partial charge in [0.05, 0.1) is 0 Å². The Bertz CT molecular complexity index is 267. The zero-order valence-electron chi connectivity index (χ0n) is 19.8. The molecule has 0 fully saturated rings. The van der Waals surface area contributed by atoms with Crippen LogP contribution >= 0.6 is 0 Å². The maximum absolute atomic E-state index is 3.62. The van der Waals surface area contributed by atoms with Crippen LogP contribution in [0.25, 0.3) is 0 Å². The molecule has 0 aromatic rings. The van der Waals surface area contributed by atoms with Gasteiger partial charge in [0.25, 0.3) is 0 Å². The Morgan fingerprint density at radius 1 is 0.519 bits per heavy atom. The Morgan fingerprint density at radius 3 is 1.19 bits per heavy atom. The van der Waals surface area contributed by atoms with Crippen molar-refractivity contribution in [2.75, 3.05) is 13.2 Å². The first-order valence-corrected chi connectivity index (χ1v) is 12.6. The fourth-order valence-electron chi connectivity index (χ4n) is 3.97. The molecule has 0 amide bonds. The molecular weight excluding hydrogens is 328 g/mol. The summed E-state index contributed by atoms with van der Waals surface area (Å²) in [5.41, 5.74) is 0. The van der Waals surface area contributed by atoms with E-state index in [2.05, 4.69) is 44.8 Å². The first-order chi connectivity index (χ1) is 13.1. The van der Waals surface area contributed by atoms with Gasteiger partial charge < -0.3 is 5.32 Å². The quantitative estimate of drug-likeness (QED) is 0.160. The summed E-state index contributed by atoms with van der Waals surface area (Å²) in [7, 11) is 0. The monoisotopic (exact) mass is 382 g/mol.